The lowest BCUT2D eigenvalue weighted by atomic mass is 10.0. The minimum Gasteiger partial charge on any atom is -0.485 e. The molecular formula is C26H23N3O5S. The normalized spacial score (nSPS) is 14.1. The largest absolute Gasteiger partial charge is 0.485 e. The van der Waals surface area contributed by atoms with Crippen LogP contribution >= 0.6 is 11.3 Å². The molecule has 35 heavy (non-hydrogen) atoms. The predicted molar refractivity (Wildman–Crippen MR) is 132 cm³/mol. The lowest BCUT2D eigenvalue weighted by molar-refractivity contribution is 0.102. The highest BCUT2D eigenvalue weighted by Gasteiger charge is 2.20. The Morgan fingerprint density at radius 1 is 1.11 bits per heavy atom. The van der Waals surface area contributed by atoms with Gasteiger partial charge in [0.1, 0.15) is 12.4 Å². The van der Waals surface area contributed by atoms with Crippen LogP contribution < -0.4 is 25.1 Å². The van der Waals surface area contributed by atoms with Gasteiger partial charge in [-0.05, 0) is 68.5 Å². The molecule has 0 atom stereocenters. The zero-order valence-corrected chi connectivity index (χ0v) is 19.9. The van der Waals surface area contributed by atoms with Crippen LogP contribution in [-0.2, 0) is 19.4 Å². The molecule has 0 bridgehead atoms. The van der Waals surface area contributed by atoms with Crippen molar-refractivity contribution in [2.24, 2.45) is 0 Å². The molecule has 0 fully saturated rings. The number of carbonyl (C=O) groups is 1. The Bertz CT molecular complexity index is 1520. The molecule has 2 aromatic heterocycles. The van der Waals surface area contributed by atoms with Gasteiger partial charge in [0, 0.05) is 22.2 Å². The third-order valence-electron chi connectivity index (χ3n) is 6.21. The second kappa shape index (κ2) is 8.74. The van der Waals surface area contributed by atoms with E-state index < -0.39 is 0 Å². The minimum absolute atomic E-state index is 0.0757. The lowest BCUT2D eigenvalue weighted by Crippen LogP contribution is -2.18. The van der Waals surface area contributed by atoms with Crippen LogP contribution in [0, 0.1) is 6.92 Å². The van der Waals surface area contributed by atoms with Crippen molar-refractivity contribution in [3.63, 3.8) is 0 Å². The number of thiazole rings is 1. The first-order valence-corrected chi connectivity index (χ1v) is 12.3. The van der Waals surface area contributed by atoms with Gasteiger partial charge in [0.25, 0.3) is 11.5 Å². The maximum Gasteiger partial charge on any atom is 0.259 e. The van der Waals surface area contributed by atoms with Crippen LogP contribution in [0.4, 0.5) is 5.69 Å². The summed E-state index contributed by atoms with van der Waals surface area (Å²) in [6.45, 7) is 2.20. The maximum absolute atomic E-state index is 12.9. The van der Waals surface area contributed by atoms with Gasteiger partial charge in [0.2, 0.25) is 6.79 Å². The van der Waals surface area contributed by atoms with E-state index >= 15 is 0 Å². The highest BCUT2D eigenvalue weighted by molar-refractivity contribution is 7.17. The third-order valence-corrected chi connectivity index (χ3v) is 7.35. The molecule has 2 aliphatic rings. The standard InChI is InChI=1S/C26H23N3O5S/c1-15-6-8-20(18(10-15)28-25(31)16-7-9-21-22(11-16)34-14-33-21)32-13-17-12-24(30)29-19-4-2-3-5-23(19)35-26(29)27-17/h6-12H,2-5,13-14H2,1H3,(H,28,31). The smallest absolute Gasteiger partial charge is 0.259 e. The monoisotopic (exact) mass is 489 g/mol. The molecule has 1 aliphatic heterocycles. The van der Waals surface area contributed by atoms with E-state index in [1.54, 1.807) is 40.0 Å². The number of anilines is 1. The van der Waals surface area contributed by atoms with Gasteiger partial charge in [-0.1, -0.05) is 6.07 Å². The van der Waals surface area contributed by atoms with E-state index in [9.17, 15) is 9.59 Å². The number of nitrogens with one attached hydrogen (secondary N) is 1. The van der Waals surface area contributed by atoms with Crippen LogP contribution in [-0.4, -0.2) is 22.1 Å². The van der Waals surface area contributed by atoms with Crippen LogP contribution in [0.2, 0.25) is 0 Å². The van der Waals surface area contributed by atoms with E-state index in [-0.39, 0.29) is 24.9 Å². The summed E-state index contributed by atoms with van der Waals surface area (Å²) < 4.78 is 18.5. The molecular weight excluding hydrogens is 466 g/mol. The number of amides is 1. The van der Waals surface area contributed by atoms with Gasteiger partial charge in [0.05, 0.1) is 11.4 Å². The Balaban J connectivity index is 1.23. The number of ether oxygens (including phenoxy) is 3. The van der Waals surface area contributed by atoms with Crippen LogP contribution in [0.25, 0.3) is 4.96 Å². The van der Waals surface area contributed by atoms with Crippen molar-refractivity contribution >= 4 is 27.9 Å². The molecule has 8 nitrogen and oxygen atoms in total. The van der Waals surface area contributed by atoms with Crippen molar-refractivity contribution in [1.82, 2.24) is 9.38 Å². The van der Waals surface area contributed by atoms with Crippen molar-refractivity contribution in [3.05, 3.63) is 80.2 Å². The molecule has 2 aromatic carbocycles. The number of nitrogens with zero attached hydrogens (tertiary/aromatic N) is 2. The lowest BCUT2D eigenvalue weighted by Gasteiger charge is -2.14. The van der Waals surface area contributed by atoms with E-state index in [0.29, 0.717) is 39.2 Å². The van der Waals surface area contributed by atoms with Crippen LogP contribution in [0.1, 0.15) is 45.0 Å². The molecule has 0 saturated heterocycles. The molecule has 1 N–H and O–H groups in total. The third kappa shape index (κ3) is 4.12. The molecule has 1 aliphatic carbocycles. The molecule has 1 amide bonds. The average molecular weight is 490 g/mol. The van der Waals surface area contributed by atoms with Gasteiger partial charge >= 0.3 is 0 Å². The Morgan fingerprint density at radius 3 is 2.89 bits per heavy atom. The molecule has 6 rings (SSSR count). The van der Waals surface area contributed by atoms with Crippen molar-refractivity contribution < 1.29 is 19.0 Å². The van der Waals surface area contributed by atoms with Gasteiger partial charge < -0.3 is 19.5 Å². The molecule has 9 heteroatoms. The number of aromatic nitrogens is 2. The Hall–Kier alpha value is -3.85. The average Bonchev–Trinajstić information content (AvgIpc) is 3.47. The topological polar surface area (TPSA) is 91.2 Å². The fourth-order valence-corrected chi connectivity index (χ4v) is 5.70. The summed E-state index contributed by atoms with van der Waals surface area (Å²) in [5.41, 5.74) is 3.55. The van der Waals surface area contributed by atoms with Crippen molar-refractivity contribution in [2.45, 2.75) is 39.2 Å². The van der Waals surface area contributed by atoms with Crippen LogP contribution in [0.3, 0.4) is 0 Å². The Kier molecular flexibility index (Phi) is 5.41. The van der Waals surface area contributed by atoms with Crippen molar-refractivity contribution in [2.75, 3.05) is 12.1 Å². The summed E-state index contributed by atoms with van der Waals surface area (Å²) in [7, 11) is 0. The van der Waals surface area contributed by atoms with Crippen molar-refractivity contribution in [1.29, 1.82) is 0 Å². The second-order valence-corrected chi connectivity index (χ2v) is 9.76. The quantitative estimate of drug-likeness (QED) is 0.444. The minimum atomic E-state index is -0.291. The number of fused-ring (bicyclic) bond motifs is 4. The summed E-state index contributed by atoms with van der Waals surface area (Å²) in [4.78, 5) is 32.4. The zero-order chi connectivity index (χ0) is 23.9. The number of carbonyl (C=O) groups excluding carboxylic acids is 1. The fourth-order valence-electron chi connectivity index (χ4n) is 4.47. The number of hydrogen-bond acceptors (Lipinski definition) is 7. The Labute approximate surface area is 205 Å². The summed E-state index contributed by atoms with van der Waals surface area (Å²) >= 11 is 1.59. The first-order chi connectivity index (χ1) is 17.0. The van der Waals surface area contributed by atoms with Crippen LogP contribution in [0.15, 0.2) is 47.3 Å². The summed E-state index contributed by atoms with van der Waals surface area (Å²) in [6.07, 6.45) is 4.18. The zero-order valence-electron chi connectivity index (χ0n) is 19.1. The summed E-state index contributed by atoms with van der Waals surface area (Å²) in [5, 5.41) is 2.92. The highest BCUT2D eigenvalue weighted by atomic mass is 32.1. The number of benzene rings is 2. The highest BCUT2D eigenvalue weighted by Crippen LogP contribution is 2.33. The molecule has 178 valence electrons. The van der Waals surface area contributed by atoms with Gasteiger partial charge in [-0.25, -0.2) is 4.98 Å². The SMILES string of the molecule is Cc1ccc(OCc2cc(=O)n3c4c(sc3n2)CCCC4)c(NC(=O)c2ccc3c(c2)OCO3)c1. The molecule has 3 heterocycles. The maximum atomic E-state index is 12.9. The molecule has 4 aromatic rings. The van der Waals surface area contributed by atoms with Gasteiger partial charge in [-0.15, -0.1) is 11.3 Å². The fraction of sp³-hybridized carbons (Fsp3) is 0.269. The molecule has 0 saturated carbocycles. The van der Waals surface area contributed by atoms with E-state index in [0.717, 1.165) is 36.9 Å². The van der Waals surface area contributed by atoms with E-state index in [1.165, 1.54) is 10.9 Å². The summed E-state index contributed by atoms with van der Waals surface area (Å²) in [6, 6.07) is 12.2. The van der Waals surface area contributed by atoms with Crippen LogP contribution in [0.5, 0.6) is 17.2 Å². The molecule has 0 unspecified atom stereocenters. The van der Waals surface area contributed by atoms with Gasteiger partial charge in [0.15, 0.2) is 16.5 Å². The van der Waals surface area contributed by atoms with Gasteiger partial charge in [-0.3, -0.25) is 14.0 Å². The van der Waals surface area contributed by atoms with E-state index in [2.05, 4.69) is 10.3 Å². The van der Waals surface area contributed by atoms with Crippen molar-refractivity contribution in [3.8, 4) is 17.2 Å². The molecule has 0 radical (unpaired) electrons. The number of hydrogen-bond donors (Lipinski definition) is 1. The van der Waals surface area contributed by atoms with Gasteiger partial charge in [-0.2, -0.15) is 0 Å². The predicted octanol–water partition coefficient (Wildman–Crippen LogP) is 4.50. The Morgan fingerprint density at radius 2 is 1.97 bits per heavy atom. The second-order valence-electron chi connectivity index (χ2n) is 8.69. The number of rotatable bonds is 5. The summed E-state index contributed by atoms with van der Waals surface area (Å²) in [5.74, 6) is 1.37. The molecule has 0 spiro atoms. The first kappa shape index (κ1) is 21.7. The van der Waals surface area contributed by atoms with E-state index in [1.807, 2.05) is 19.1 Å². The van der Waals surface area contributed by atoms with E-state index in [4.69, 9.17) is 14.2 Å². The first-order valence-electron chi connectivity index (χ1n) is 11.5. The number of aryl methyl sites for hydroxylation is 3.